The molecule has 0 spiro atoms. The second-order valence-corrected chi connectivity index (χ2v) is 7.50. The number of hydrogen-bond donors (Lipinski definition) is 0. The lowest BCUT2D eigenvalue weighted by Crippen LogP contribution is -2.32. The molecule has 8 heteroatoms. The first-order chi connectivity index (χ1) is 13.1. The van der Waals surface area contributed by atoms with E-state index in [1.54, 1.807) is 19.1 Å². The molecule has 1 saturated heterocycles. The van der Waals surface area contributed by atoms with E-state index in [0.717, 1.165) is 24.6 Å². The van der Waals surface area contributed by atoms with Crippen molar-refractivity contribution in [3.8, 4) is 0 Å². The molecule has 3 heterocycles. The zero-order valence-electron chi connectivity index (χ0n) is 14.8. The highest BCUT2D eigenvalue weighted by atomic mass is 32.2. The van der Waals surface area contributed by atoms with Crippen LogP contribution in [0.3, 0.4) is 0 Å². The molecular formula is C19H18N2O5S. The lowest BCUT2D eigenvalue weighted by atomic mass is 9.89. The first-order valence-electron chi connectivity index (χ1n) is 8.79. The second-order valence-electron chi connectivity index (χ2n) is 6.27. The molecule has 2 aromatic heterocycles. The zero-order valence-corrected chi connectivity index (χ0v) is 15.6. The van der Waals surface area contributed by atoms with Gasteiger partial charge in [-0.05, 0) is 19.1 Å². The lowest BCUT2D eigenvalue weighted by Gasteiger charge is -2.25. The van der Waals surface area contributed by atoms with Crippen LogP contribution in [0, 0.1) is 0 Å². The van der Waals surface area contributed by atoms with Gasteiger partial charge in [-0.15, -0.1) is 0 Å². The van der Waals surface area contributed by atoms with E-state index >= 15 is 0 Å². The van der Waals surface area contributed by atoms with Crippen molar-refractivity contribution in [2.45, 2.75) is 13.5 Å². The molecule has 0 radical (unpaired) electrons. The smallest absolute Gasteiger partial charge is 0.342 e. The summed E-state index contributed by atoms with van der Waals surface area (Å²) < 4.78 is 10.9. The number of esters is 1. The number of rotatable bonds is 4. The Morgan fingerprint density at radius 1 is 1.30 bits per heavy atom. The largest absolute Gasteiger partial charge is 0.462 e. The Hall–Kier alpha value is -2.45. The number of hydrogen-bond acceptors (Lipinski definition) is 8. The van der Waals surface area contributed by atoms with Crippen molar-refractivity contribution in [2.75, 3.05) is 31.2 Å². The molecule has 0 N–H and O–H groups in total. The predicted octanol–water partition coefficient (Wildman–Crippen LogP) is 2.18. The van der Waals surface area contributed by atoms with Crippen LogP contribution in [0.25, 0.3) is 0 Å². The van der Waals surface area contributed by atoms with Crippen LogP contribution in [0.15, 0.2) is 22.7 Å². The highest BCUT2D eigenvalue weighted by molar-refractivity contribution is 7.99. The van der Waals surface area contributed by atoms with Gasteiger partial charge in [0, 0.05) is 30.8 Å². The van der Waals surface area contributed by atoms with Gasteiger partial charge in [-0.2, -0.15) is 11.8 Å². The van der Waals surface area contributed by atoms with Crippen LogP contribution in [0.2, 0.25) is 0 Å². The van der Waals surface area contributed by atoms with Crippen molar-refractivity contribution in [3.05, 3.63) is 52.2 Å². The molecule has 0 unspecified atom stereocenters. The summed E-state index contributed by atoms with van der Waals surface area (Å²) >= 11 is 1.87. The molecule has 2 aromatic rings. The standard InChI is InChI=1S/C19H18N2O5S/c1-2-25-19(24)13-12(10-21-6-8-27-9-7-21)26-18-14(13)17(23)15-11(16(18)22)4-3-5-20-15/h3-5H,2,6-10H2,1H3. The third-order valence-electron chi connectivity index (χ3n) is 4.63. The number of ether oxygens (including phenoxy) is 1. The number of carbonyl (C=O) groups excluding carboxylic acids is 3. The molecule has 7 nitrogen and oxygen atoms in total. The first kappa shape index (κ1) is 17.9. The minimum Gasteiger partial charge on any atom is -0.462 e. The van der Waals surface area contributed by atoms with Gasteiger partial charge >= 0.3 is 5.97 Å². The molecule has 2 aliphatic rings. The Balaban J connectivity index is 1.82. The summed E-state index contributed by atoms with van der Waals surface area (Å²) in [5, 5.41) is 0. The number of ketones is 2. The number of pyridine rings is 1. The van der Waals surface area contributed by atoms with Crippen molar-refractivity contribution in [1.29, 1.82) is 0 Å². The van der Waals surface area contributed by atoms with Crippen LogP contribution in [-0.2, 0) is 11.3 Å². The number of thioether (sulfide) groups is 1. The highest BCUT2D eigenvalue weighted by Crippen LogP contribution is 2.34. The third-order valence-corrected chi connectivity index (χ3v) is 5.57. The van der Waals surface area contributed by atoms with Gasteiger partial charge in [0.25, 0.3) is 0 Å². The molecule has 27 heavy (non-hydrogen) atoms. The minimum atomic E-state index is -0.649. The van der Waals surface area contributed by atoms with Gasteiger partial charge in [0.05, 0.1) is 24.3 Å². The van der Waals surface area contributed by atoms with Gasteiger partial charge in [0.2, 0.25) is 11.6 Å². The maximum Gasteiger partial charge on any atom is 0.342 e. The minimum absolute atomic E-state index is 0.0222. The zero-order chi connectivity index (χ0) is 19.0. The number of carbonyl (C=O) groups is 3. The lowest BCUT2D eigenvalue weighted by molar-refractivity contribution is 0.0519. The van der Waals surface area contributed by atoms with Crippen molar-refractivity contribution in [2.24, 2.45) is 0 Å². The molecule has 1 aliphatic carbocycles. The van der Waals surface area contributed by atoms with E-state index in [2.05, 4.69) is 9.88 Å². The van der Waals surface area contributed by atoms with Crippen LogP contribution in [-0.4, -0.2) is 58.6 Å². The van der Waals surface area contributed by atoms with Crippen LogP contribution in [0.1, 0.15) is 55.2 Å². The maximum absolute atomic E-state index is 13.0. The predicted molar refractivity (Wildman–Crippen MR) is 98.4 cm³/mol. The van der Waals surface area contributed by atoms with Gasteiger partial charge < -0.3 is 9.15 Å². The van der Waals surface area contributed by atoms with Crippen molar-refractivity contribution < 1.29 is 23.5 Å². The van der Waals surface area contributed by atoms with Crippen LogP contribution < -0.4 is 0 Å². The van der Waals surface area contributed by atoms with Crippen molar-refractivity contribution >= 4 is 29.3 Å². The van der Waals surface area contributed by atoms with E-state index in [0.29, 0.717) is 12.3 Å². The highest BCUT2D eigenvalue weighted by Gasteiger charge is 2.40. The van der Waals surface area contributed by atoms with E-state index in [-0.39, 0.29) is 34.8 Å². The quantitative estimate of drug-likeness (QED) is 0.630. The van der Waals surface area contributed by atoms with E-state index in [4.69, 9.17) is 9.15 Å². The average Bonchev–Trinajstić information content (AvgIpc) is 3.07. The summed E-state index contributed by atoms with van der Waals surface area (Å²) in [6, 6.07) is 3.14. The molecule has 0 amide bonds. The Labute approximate surface area is 160 Å². The Morgan fingerprint density at radius 2 is 2.07 bits per heavy atom. The van der Waals surface area contributed by atoms with E-state index in [9.17, 15) is 14.4 Å². The number of aromatic nitrogens is 1. The fourth-order valence-corrected chi connectivity index (χ4v) is 4.34. The van der Waals surface area contributed by atoms with Crippen molar-refractivity contribution in [3.63, 3.8) is 0 Å². The molecule has 140 valence electrons. The summed E-state index contributed by atoms with van der Waals surface area (Å²) in [5.74, 6) is 0.630. The third kappa shape index (κ3) is 3.08. The Bertz CT molecular complexity index is 930. The van der Waals surface area contributed by atoms with Crippen LogP contribution >= 0.6 is 11.8 Å². The van der Waals surface area contributed by atoms with Crippen molar-refractivity contribution in [1.82, 2.24) is 9.88 Å². The molecule has 0 atom stereocenters. The normalized spacial score (nSPS) is 16.8. The van der Waals surface area contributed by atoms with Gasteiger partial charge in [0.15, 0.2) is 5.76 Å². The summed E-state index contributed by atoms with van der Waals surface area (Å²) in [5.41, 5.74) is 0.271. The molecule has 1 fully saturated rings. The van der Waals surface area contributed by atoms with E-state index in [1.165, 1.54) is 6.20 Å². The molecule has 0 bridgehead atoms. The molecular weight excluding hydrogens is 368 g/mol. The van der Waals surface area contributed by atoms with E-state index in [1.807, 2.05) is 11.8 Å². The van der Waals surface area contributed by atoms with Crippen LogP contribution in [0.5, 0.6) is 0 Å². The molecule has 0 saturated carbocycles. The van der Waals surface area contributed by atoms with Gasteiger partial charge in [-0.3, -0.25) is 19.5 Å². The summed E-state index contributed by atoms with van der Waals surface area (Å²) in [6.45, 7) is 3.90. The average molecular weight is 386 g/mol. The molecule has 1 aliphatic heterocycles. The van der Waals surface area contributed by atoms with E-state index < -0.39 is 17.5 Å². The Kier molecular flexibility index (Phi) is 4.84. The summed E-state index contributed by atoms with van der Waals surface area (Å²) in [4.78, 5) is 44.6. The van der Waals surface area contributed by atoms with Crippen LogP contribution in [0.4, 0.5) is 0 Å². The van der Waals surface area contributed by atoms with Gasteiger partial charge in [-0.1, -0.05) is 0 Å². The SMILES string of the molecule is CCOC(=O)c1c(CN2CCSCC2)oc2c1C(=O)c1ncccc1C2=O. The number of furan rings is 1. The molecule has 4 rings (SSSR count). The number of fused-ring (bicyclic) bond motifs is 2. The fourth-order valence-electron chi connectivity index (χ4n) is 3.36. The Morgan fingerprint density at radius 3 is 2.81 bits per heavy atom. The molecule has 0 aromatic carbocycles. The topological polar surface area (TPSA) is 89.7 Å². The fraction of sp³-hybridized carbons (Fsp3) is 0.368. The number of nitrogens with zero attached hydrogens (tertiary/aromatic N) is 2. The summed E-state index contributed by atoms with van der Waals surface area (Å²) in [6.07, 6.45) is 1.45. The monoisotopic (exact) mass is 386 g/mol. The maximum atomic E-state index is 13.0. The first-order valence-corrected chi connectivity index (χ1v) is 9.94. The second kappa shape index (κ2) is 7.28. The van der Waals surface area contributed by atoms with Gasteiger partial charge in [0.1, 0.15) is 17.0 Å². The van der Waals surface area contributed by atoms with Gasteiger partial charge in [-0.25, -0.2) is 4.79 Å². The summed E-state index contributed by atoms with van der Waals surface area (Å²) in [7, 11) is 0.